The van der Waals surface area contributed by atoms with E-state index in [0.29, 0.717) is 11.2 Å². The van der Waals surface area contributed by atoms with Crippen LogP contribution in [0.5, 0.6) is 0 Å². The second-order valence-electron chi connectivity index (χ2n) is 2.53. The average molecular weight is 147 g/mol. The highest BCUT2D eigenvalue weighted by Crippen LogP contribution is 2.15. The number of hydrogen-bond acceptors (Lipinski definition) is 2. The predicted molar refractivity (Wildman–Crippen MR) is 45.9 cm³/mol. The lowest BCUT2D eigenvalue weighted by Crippen LogP contribution is -2.14. The summed E-state index contributed by atoms with van der Waals surface area (Å²) in [6.07, 6.45) is 2.24. The number of thiol groups is 1. The highest BCUT2D eigenvalue weighted by atomic mass is 32.1. The molecule has 2 atom stereocenters. The molecule has 0 heterocycles. The van der Waals surface area contributed by atoms with Gasteiger partial charge in [-0.2, -0.15) is 12.6 Å². The molecule has 1 nitrogen and oxygen atoms in total. The van der Waals surface area contributed by atoms with Gasteiger partial charge in [-0.05, 0) is 25.3 Å². The Balaban J connectivity index is 3.32. The molecule has 0 spiro atoms. The fourth-order valence-electron chi connectivity index (χ4n) is 0.858. The van der Waals surface area contributed by atoms with Crippen LogP contribution in [0.2, 0.25) is 0 Å². The van der Waals surface area contributed by atoms with Crippen molar-refractivity contribution < 1.29 is 0 Å². The summed E-state index contributed by atoms with van der Waals surface area (Å²) in [6.45, 7) is 5.15. The fourth-order valence-corrected chi connectivity index (χ4v) is 1.01. The van der Waals surface area contributed by atoms with Crippen LogP contribution in [0.4, 0.5) is 0 Å². The maximum atomic E-state index is 5.39. The van der Waals surface area contributed by atoms with Crippen molar-refractivity contribution in [1.29, 1.82) is 0 Å². The first kappa shape index (κ1) is 9.31. The molecule has 0 amide bonds. The van der Waals surface area contributed by atoms with Crippen LogP contribution in [0.3, 0.4) is 0 Å². The first-order chi connectivity index (χ1) is 4.22. The van der Waals surface area contributed by atoms with Gasteiger partial charge in [0.15, 0.2) is 0 Å². The van der Waals surface area contributed by atoms with Crippen molar-refractivity contribution in [1.82, 2.24) is 0 Å². The first-order valence-corrected chi connectivity index (χ1v) is 4.12. The van der Waals surface area contributed by atoms with Gasteiger partial charge in [-0.25, -0.2) is 0 Å². The van der Waals surface area contributed by atoms with Crippen molar-refractivity contribution in [2.24, 2.45) is 11.7 Å². The van der Waals surface area contributed by atoms with Crippen LogP contribution >= 0.6 is 12.6 Å². The van der Waals surface area contributed by atoms with E-state index in [1.807, 2.05) is 0 Å². The maximum Gasteiger partial charge on any atom is 0.00403 e. The van der Waals surface area contributed by atoms with E-state index in [1.165, 1.54) is 0 Å². The lowest BCUT2D eigenvalue weighted by Gasteiger charge is -2.15. The quantitative estimate of drug-likeness (QED) is 0.581. The third-order valence-electron chi connectivity index (χ3n) is 1.70. The Morgan fingerprint density at radius 2 is 2.11 bits per heavy atom. The van der Waals surface area contributed by atoms with Crippen LogP contribution in [0.1, 0.15) is 26.7 Å². The Morgan fingerprint density at radius 3 is 2.44 bits per heavy atom. The minimum Gasteiger partial charge on any atom is -0.330 e. The van der Waals surface area contributed by atoms with Crippen LogP contribution in [-0.2, 0) is 0 Å². The van der Waals surface area contributed by atoms with E-state index in [2.05, 4.69) is 26.5 Å². The Morgan fingerprint density at radius 1 is 1.56 bits per heavy atom. The van der Waals surface area contributed by atoms with Gasteiger partial charge in [0.25, 0.3) is 0 Å². The standard InChI is InChI=1S/C7H17NS/c1-3-7(9)6(2)4-5-8/h6-7,9H,3-5,8H2,1-2H3. The van der Waals surface area contributed by atoms with E-state index in [9.17, 15) is 0 Å². The van der Waals surface area contributed by atoms with Crippen LogP contribution in [0.25, 0.3) is 0 Å². The molecule has 0 fully saturated rings. The van der Waals surface area contributed by atoms with Gasteiger partial charge in [0, 0.05) is 5.25 Å². The van der Waals surface area contributed by atoms with Gasteiger partial charge in [-0.3, -0.25) is 0 Å². The summed E-state index contributed by atoms with van der Waals surface area (Å²) in [6, 6.07) is 0. The van der Waals surface area contributed by atoms with Gasteiger partial charge >= 0.3 is 0 Å². The van der Waals surface area contributed by atoms with Gasteiger partial charge in [0.05, 0.1) is 0 Å². The molecule has 56 valence electrons. The van der Waals surface area contributed by atoms with Crippen molar-refractivity contribution in [3.05, 3.63) is 0 Å². The molecule has 0 radical (unpaired) electrons. The molecule has 0 aromatic carbocycles. The Hall–Kier alpha value is 0.310. The molecule has 0 aliphatic carbocycles. The average Bonchev–Trinajstić information content (AvgIpc) is 1.87. The zero-order valence-corrected chi connectivity index (χ0v) is 7.20. The summed E-state index contributed by atoms with van der Waals surface area (Å²) in [5.74, 6) is 0.670. The zero-order chi connectivity index (χ0) is 7.28. The molecule has 0 saturated heterocycles. The van der Waals surface area contributed by atoms with Gasteiger partial charge in [0.1, 0.15) is 0 Å². The third-order valence-corrected chi connectivity index (χ3v) is 2.57. The second kappa shape index (κ2) is 5.12. The zero-order valence-electron chi connectivity index (χ0n) is 6.30. The molecule has 0 aliphatic heterocycles. The van der Waals surface area contributed by atoms with E-state index in [1.54, 1.807) is 0 Å². The predicted octanol–water partition coefficient (Wildman–Crippen LogP) is 1.68. The monoisotopic (exact) mass is 147 g/mol. The van der Waals surface area contributed by atoms with Crippen molar-refractivity contribution in [2.75, 3.05) is 6.54 Å². The number of rotatable bonds is 4. The van der Waals surface area contributed by atoms with Gasteiger partial charge in [-0.1, -0.05) is 13.8 Å². The van der Waals surface area contributed by atoms with E-state index in [4.69, 9.17) is 5.73 Å². The van der Waals surface area contributed by atoms with E-state index < -0.39 is 0 Å². The van der Waals surface area contributed by atoms with Crippen LogP contribution in [-0.4, -0.2) is 11.8 Å². The number of hydrogen-bond donors (Lipinski definition) is 2. The number of nitrogens with two attached hydrogens (primary N) is 1. The van der Waals surface area contributed by atoms with Crippen molar-refractivity contribution in [2.45, 2.75) is 31.9 Å². The maximum absolute atomic E-state index is 5.39. The molecule has 0 rings (SSSR count). The SMILES string of the molecule is CCC(S)C(C)CCN. The van der Waals surface area contributed by atoms with Crippen molar-refractivity contribution >= 4 is 12.6 Å². The summed E-state index contributed by atoms with van der Waals surface area (Å²) in [5, 5.41) is 0.536. The molecular formula is C7H17NS. The van der Waals surface area contributed by atoms with Gasteiger partial charge in [-0.15, -0.1) is 0 Å². The highest BCUT2D eigenvalue weighted by Gasteiger charge is 2.08. The molecule has 2 unspecified atom stereocenters. The summed E-state index contributed by atoms with van der Waals surface area (Å²) in [5.41, 5.74) is 5.39. The molecular weight excluding hydrogens is 130 g/mol. The molecule has 2 N–H and O–H groups in total. The first-order valence-electron chi connectivity index (χ1n) is 3.60. The molecule has 0 aromatic heterocycles. The fraction of sp³-hybridized carbons (Fsp3) is 1.00. The van der Waals surface area contributed by atoms with Crippen LogP contribution in [0.15, 0.2) is 0 Å². The minimum absolute atomic E-state index is 0.536. The van der Waals surface area contributed by atoms with Crippen LogP contribution < -0.4 is 5.73 Å². The van der Waals surface area contributed by atoms with Gasteiger partial charge < -0.3 is 5.73 Å². The molecule has 0 aromatic rings. The normalized spacial score (nSPS) is 17.3. The lowest BCUT2D eigenvalue weighted by molar-refractivity contribution is 0.509. The molecule has 0 aliphatic rings. The van der Waals surface area contributed by atoms with Crippen LogP contribution in [0, 0.1) is 5.92 Å². The largest absolute Gasteiger partial charge is 0.330 e. The smallest absolute Gasteiger partial charge is 0.00403 e. The van der Waals surface area contributed by atoms with Crippen molar-refractivity contribution in [3.8, 4) is 0 Å². The topological polar surface area (TPSA) is 26.0 Å². The lowest BCUT2D eigenvalue weighted by atomic mass is 10.0. The Kier molecular flexibility index (Phi) is 5.30. The summed E-state index contributed by atoms with van der Waals surface area (Å²) < 4.78 is 0. The molecule has 0 bridgehead atoms. The molecule has 0 saturated carbocycles. The molecule has 9 heavy (non-hydrogen) atoms. The second-order valence-corrected chi connectivity index (χ2v) is 3.19. The minimum atomic E-state index is 0.536. The molecule has 2 heteroatoms. The summed E-state index contributed by atoms with van der Waals surface area (Å²) in [4.78, 5) is 0. The van der Waals surface area contributed by atoms with E-state index in [-0.39, 0.29) is 0 Å². The van der Waals surface area contributed by atoms with Gasteiger partial charge in [0.2, 0.25) is 0 Å². The summed E-state index contributed by atoms with van der Waals surface area (Å²) >= 11 is 4.40. The Bertz CT molecular complexity index is 65.9. The summed E-state index contributed by atoms with van der Waals surface area (Å²) in [7, 11) is 0. The van der Waals surface area contributed by atoms with Crippen molar-refractivity contribution in [3.63, 3.8) is 0 Å². The van der Waals surface area contributed by atoms with E-state index in [0.717, 1.165) is 19.4 Å². The van der Waals surface area contributed by atoms with E-state index >= 15 is 0 Å². The third kappa shape index (κ3) is 3.82. The highest BCUT2D eigenvalue weighted by molar-refractivity contribution is 7.81. The Labute approximate surface area is 63.4 Å².